The molecule has 3 heteroatoms. The highest BCUT2D eigenvalue weighted by Gasteiger charge is 2.23. The van der Waals surface area contributed by atoms with Gasteiger partial charge in [-0.1, -0.05) is 13.8 Å². The van der Waals surface area contributed by atoms with Crippen LogP contribution in [0.2, 0.25) is 0 Å². The first kappa shape index (κ1) is 10.7. The first-order chi connectivity index (χ1) is 7.19. The van der Waals surface area contributed by atoms with Gasteiger partial charge in [0.1, 0.15) is 5.76 Å². The predicted molar refractivity (Wildman–Crippen MR) is 59.6 cm³/mol. The molecule has 1 aromatic heterocycles. The molecular weight excluding hydrogens is 188 g/mol. The molecule has 84 valence electrons. The summed E-state index contributed by atoms with van der Waals surface area (Å²) in [5.74, 6) is 3.23. The lowest BCUT2D eigenvalue weighted by atomic mass is 9.90. The molecule has 2 N–H and O–H groups in total. The third kappa shape index (κ3) is 2.40. The average molecular weight is 208 g/mol. The lowest BCUT2D eigenvalue weighted by Crippen LogP contribution is -2.21. The Morgan fingerprint density at radius 1 is 1.53 bits per heavy atom. The van der Waals surface area contributed by atoms with Crippen LogP contribution in [0.25, 0.3) is 0 Å². The predicted octanol–water partition coefficient (Wildman–Crippen LogP) is 1.94. The summed E-state index contributed by atoms with van der Waals surface area (Å²) < 4.78 is 5.76. The minimum absolute atomic E-state index is 0.606. The lowest BCUT2D eigenvalue weighted by molar-refractivity contribution is 0.387. The Bertz CT molecular complexity index is 330. The van der Waals surface area contributed by atoms with Gasteiger partial charge in [-0.2, -0.15) is 0 Å². The summed E-state index contributed by atoms with van der Waals surface area (Å²) in [4.78, 5) is 4.57. The Hall–Kier alpha value is -0.830. The first-order valence-corrected chi connectivity index (χ1v) is 5.86. The normalized spacial score (nSPS) is 20.7. The van der Waals surface area contributed by atoms with Gasteiger partial charge in [0.05, 0.1) is 5.69 Å². The molecule has 0 spiro atoms. The number of aryl methyl sites for hydroxylation is 1. The maximum absolute atomic E-state index is 5.76. The molecule has 1 aliphatic rings. The standard InChI is InChI=1S/C12H20N2O/c1-8(2)5-12-14-10-6-9(7-13)3-4-11(10)15-12/h8-9H,3-7,13H2,1-2H3. The third-order valence-electron chi connectivity index (χ3n) is 3.00. The van der Waals surface area contributed by atoms with Gasteiger partial charge in [0.15, 0.2) is 5.89 Å². The van der Waals surface area contributed by atoms with Gasteiger partial charge >= 0.3 is 0 Å². The summed E-state index contributed by atoms with van der Waals surface area (Å²) in [5, 5.41) is 0. The summed E-state index contributed by atoms with van der Waals surface area (Å²) in [6, 6.07) is 0. The number of oxazole rings is 1. The van der Waals surface area contributed by atoms with E-state index in [0.717, 1.165) is 49.6 Å². The van der Waals surface area contributed by atoms with E-state index in [1.807, 2.05) is 0 Å². The van der Waals surface area contributed by atoms with Crippen molar-refractivity contribution in [2.75, 3.05) is 6.54 Å². The highest BCUT2D eigenvalue weighted by molar-refractivity contribution is 5.14. The highest BCUT2D eigenvalue weighted by Crippen LogP contribution is 2.26. The zero-order valence-electron chi connectivity index (χ0n) is 9.62. The van der Waals surface area contributed by atoms with Gasteiger partial charge in [0, 0.05) is 12.8 Å². The van der Waals surface area contributed by atoms with E-state index in [1.54, 1.807) is 0 Å². The monoisotopic (exact) mass is 208 g/mol. The molecule has 1 heterocycles. The Morgan fingerprint density at radius 3 is 3.00 bits per heavy atom. The number of fused-ring (bicyclic) bond motifs is 1. The van der Waals surface area contributed by atoms with Gasteiger partial charge in [0.2, 0.25) is 0 Å². The van der Waals surface area contributed by atoms with E-state index in [4.69, 9.17) is 10.2 Å². The SMILES string of the molecule is CC(C)Cc1nc2c(o1)CCC(CN)C2. The molecule has 0 saturated heterocycles. The van der Waals surface area contributed by atoms with Crippen LogP contribution >= 0.6 is 0 Å². The molecular formula is C12H20N2O. The highest BCUT2D eigenvalue weighted by atomic mass is 16.4. The lowest BCUT2D eigenvalue weighted by Gasteiger charge is -2.17. The van der Waals surface area contributed by atoms with Crippen molar-refractivity contribution in [1.29, 1.82) is 0 Å². The quantitative estimate of drug-likeness (QED) is 0.825. The van der Waals surface area contributed by atoms with Crippen molar-refractivity contribution >= 4 is 0 Å². The van der Waals surface area contributed by atoms with E-state index >= 15 is 0 Å². The van der Waals surface area contributed by atoms with Crippen LogP contribution in [0.1, 0.15) is 37.6 Å². The first-order valence-electron chi connectivity index (χ1n) is 5.86. The van der Waals surface area contributed by atoms with Crippen LogP contribution in [0.4, 0.5) is 0 Å². The third-order valence-corrected chi connectivity index (χ3v) is 3.00. The topological polar surface area (TPSA) is 52.0 Å². The van der Waals surface area contributed by atoms with Gasteiger partial charge in [-0.05, 0) is 31.2 Å². The molecule has 0 radical (unpaired) electrons. The van der Waals surface area contributed by atoms with E-state index in [9.17, 15) is 0 Å². The fraction of sp³-hybridized carbons (Fsp3) is 0.750. The largest absolute Gasteiger partial charge is 0.445 e. The van der Waals surface area contributed by atoms with E-state index in [1.165, 1.54) is 0 Å². The molecule has 2 rings (SSSR count). The molecule has 1 aromatic rings. The van der Waals surface area contributed by atoms with Crippen molar-refractivity contribution in [3.63, 3.8) is 0 Å². The van der Waals surface area contributed by atoms with Crippen molar-refractivity contribution in [2.45, 2.75) is 39.5 Å². The second-order valence-electron chi connectivity index (χ2n) is 4.92. The van der Waals surface area contributed by atoms with Crippen molar-refractivity contribution < 1.29 is 4.42 Å². The summed E-state index contributed by atoms with van der Waals surface area (Å²) >= 11 is 0. The summed E-state index contributed by atoms with van der Waals surface area (Å²) in [6.07, 6.45) is 4.12. The number of aromatic nitrogens is 1. The maximum atomic E-state index is 5.76. The number of nitrogens with zero attached hydrogens (tertiary/aromatic N) is 1. The molecule has 3 nitrogen and oxygen atoms in total. The van der Waals surface area contributed by atoms with Crippen LogP contribution in [0, 0.1) is 11.8 Å². The summed E-state index contributed by atoms with van der Waals surface area (Å²) in [7, 11) is 0. The van der Waals surface area contributed by atoms with Crippen LogP contribution < -0.4 is 5.73 Å². The Morgan fingerprint density at radius 2 is 2.33 bits per heavy atom. The van der Waals surface area contributed by atoms with E-state index in [0.29, 0.717) is 11.8 Å². The Kier molecular flexibility index (Phi) is 3.10. The van der Waals surface area contributed by atoms with Gasteiger partial charge in [-0.25, -0.2) is 4.98 Å². The fourth-order valence-corrected chi connectivity index (χ4v) is 2.14. The van der Waals surface area contributed by atoms with Gasteiger partial charge < -0.3 is 10.2 Å². The van der Waals surface area contributed by atoms with E-state index in [2.05, 4.69) is 18.8 Å². The molecule has 1 aliphatic carbocycles. The minimum atomic E-state index is 0.606. The van der Waals surface area contributed by atoms with Gasteiger partial charge in [0.25, 0.3) is 0 Å². The van der Waals surface area contributed by atoms with E-state index in [-0.39, 0.29) is 0 Å². The number of nitrogens with two attached hydrogens (primary N) is 1. The van der Waals surface area contributed by atoms with Crippen LogP contribution in [-0.4, -0.2) is 11.5 Å². The van der Waals surface area contributed by atoms with Crippen LogP contribution in [0.15, 0.2) is 4.42 Å². The molecule has 1 atom stereocenters. The van der Waals surface area contributed by atoms with Crippen molar-refractivity contribution in [2.24, 2.45) is 17.6 Å². The molecule has 1 unspecified atom stereocenters. The maximum Gasteiger partial charge on any atom is 0.194 e. The van der Waals surface area contributed by atoms with Crippen LogP contribution in [0.3, 0.4) is 0 Å². The molecule has 15 heavy (non-hydrogen) atoms. The minimum Gasteiger partial charge on any atom is -0.445 e. The number of hydrogen-bond acceptors (Lipinski definition) is 3. The van der Waals surface area contributed by atoms with Crippen molar-refractivity contribution in [3.05, 3.63) is 17.3 Å². The van der Waals surface area contributed by atoms with Gasteiger partial charge in [-0.3, -0.25) is 0 Å². The molecule has 0 fully saturated rings. The number of rotatable bonds is 3. The second-order valence-corrected chi connectivity index (χ2v) is 4.92. The van der Waals surface area contributed by atoms with Crippen LogP contribution in [0.5, 0.6) is 0 Å². The Labute approximate surface area is 91.1 Å². The molecule has 0 bridgehead atoms. The Balaban J connectivity index is 2.11. The smallest absolute Gasteiger partial charge is 0.194 e. The average Bonchev–Trinajstić information content (AvgIpc) is 2.57. The summed E-state index contributed by atoms with van der Waals surface area (Å²) in [5.41, 5.74) is 6.85. The molecule has 0 aromatic carbocycles. The molecule has 0 aliphatic heterocycles. The summed E-state index contributed by atoms with van der Waals surface area (Å²) in [6.45, 7) is 5.14. The van der Waals surface area contributed by atoms with Gasteiger partial charge in [-0.15, -0.1) is 0 Å². The van der Waals surface area contributed by atoms with Crippen molar-refractivity contribution in [1.82, 2.24) is 4.98 Å². The zero-order valence-corrected chi connectivity index (χ0v) is 9.62. The molecule has 0 saturated carbocycles. The number of hydrogen-bond donors (Lipinski definition) is 1. The second kappa shape index (κ2) is 4.35. The van der Waals surface area contributed by atoms with Crippen LogP contribution in [-0.2, 0) is 19.3 Å². The van der Waals surface area contributed by atoms with E-state index < -0.39 is 0 Å². The fourth-order valence-electron chi connectivity index (χ4n) is 2.14. The molecule has 0 amide bonds. The van der Waals surface area contributed by atoms with Crippen molar-refractivity contribution in [3.8, 4) is 0 Å². The zero-order chi connectivity index (χ0) is 10.8.